The van der Waals surface area contributed by atoms with Gasteiger partial charge in [0.2, 0.25) is 5.91 Å². The summed E-state index contributed by atoms with van der Waals surface area (Å²) in [5, 5.41) is 6.24. The summed E-state index contributed by atoms with van der Waals surface area (Å²) in [6.07, 6.45) is 6.35. The molecule has 82 valence electrons. The van der Waals surface area contributed by atoms with Crippen molar-refractivity contribution in [1.82, 2.24) is 10.6 Å². The molecule has 14 heavy (non-hydrogen) atoms. The standard InChI is InChI=1S/C10H20N2OS/c1-14-8-2-6-12-10(13)5-7-11-9-3-4-9/h9,11H,2-8H2,1H3,(H,12,13). The average molecular weight is 216 g/mol. The molecule has 0 aliphatic heterocycles. The Labute approximate surface area is 90.4 Å². The highest BCUT2D eigenvalue weighted by Gasteiger charge is 2.19. The van der Waals surface area contributed by atoms with Crippen LogP contribution in [0.3, 0.4) is 0 Å². The minimum absolute atomic E-state index is 0.180. The van der Waals surface area contributed by atoms with Crippen molar-refractivity contribution in [2.75, 3.05) is 25.1 Å². The van der Waals surface area contributed by atoms with Gasteiger partial charge in [0.25, 0.3) is 0 Å². The molecule has 1 saturated carbocycles. The summed E-state index contributed by atoms with van der Waals surface area (Å²) >= 11 is 1.82. The molecule has 0 spiro atoms. The zero-order valence-electron chi connectivity index (χ0n) is 8.84. The maximum Gasteiger partial charge on any atom is 0.221 e. The molecule has 0 saturated heterocycles. The van der Waals surface area contributed by atoms with Crippen LogP contribution in [0.2, 0.25) is 0 Å². The van der Waals surface area contributed by atoms with E-state index in [1.807, 2.05) is 11.8 Å². The van der Waals surface area contributed by atoms with Gasteiger partial charge in [0.1, 0.15) is 0 Å². The van der Waals surface area contributed by atoms with Gasteiger partial charge in [-0.05, 0) is 31.3 Å². The fraction of sp³-hybridized carbons (Fsp3) is 0.900. The molecule has 0 aromatic rings. The lowest BCUT2D eigenvalue weighted by molar-refractivity contribution is -0.120. The van der Waals surface area contributed by atoms with Crippen LogP contribution >= 0.6 is 11.8 Å². The van der Waals surface area contributed by atoms with Gasteiger partial charge in [-0.15, -0.1) is 0 Å². The number of amides is 1. The van der Waals surface area contributed by atoms with Gasteiger partial charge >= 0.3 is 0 Å². The Morgan fingerprint density at radius 1 is 1.43 bits per heavy atom. The van der Waals surface area contributed by atoms with Crippen LogP contribution in [-0.4, -0.2) is 37.0 Å². The third kappa shape index (κ3) is 6.27. The predicted octanol–water partition coefficient (Wildman–Crippen LogP) is 0.998. The van der Waals surface area contributed by atoms with Gasteiger partial charge in [0.05, 0.1) is 0 Å². The lowest BCUT2D eigenvalue weighted by atomic mass is 10.3. The molecule has 1 rings (SSSR count). The Morgan fingerprint density at radius 3 is 2.86 bits per heavy atom. The number of hydrogen-bond donors (Lipinski definition) is 2. The Bertz CT molecular complexity index is 172. The third-order valence-electron chi connectivity index (χ3n) is 2.21. The Kier molecular flexibility index (Phi) is 6.03. The highest BCUT2D eigenvalue weighted by molar-refractivity contribution is 7.98. The molecule has 1 aliphatic rings. The number of nitrogens with one attached hydrogen (secondary N) is 2. The van der Waals surface area contributed by atoms with Crippen LogP contribution in [0.25, 0.3) is 0 Å². The first kappa shape index (κ1) is 11.9. The van der Waals surface area contributed by atoms with E-state index < -0.39 is 0 Å². The molecule has 0 aromatic heterocycles. The van der Waals surface area contributed by atoms with Crippen LogP contribution in [0.5, 0.6) is 0 Å². The summed E-state index contributed by atoms with van der Waals surface area (Å²) in [4.78, 5) is 11.3. The normalized spacial score (nSPS) is 15.5. The van der Waals surface area contributed by atoms with Gasteiger partial charge in [0.15, 0.2) is 0 Å². The first-order chi connectivity index (χ1) is 6.83. The summed E-state index contributed by atoms with van der Waals surface area (Å²) in [5.41, 5.74) is 0. The van der Waals surface area contributed by atoms with E-state index in [1.165, 1.54) is 12.8 Å². The fourth-order valence-corrected chi connectivity index (χ4v) is 1.64. The van der Waals surface area contributed by atoms with E-state index in [-0.39, 0.29) is 5.91 Å². The third-order valence-corrected chi connectivity index (χ3v) is 2.91. The molecule has 1 aliphatic carbocycles. The van der Waals surface area contributed by atoms with Gasteiger partial charge in [-0.25, -0.2) is 0 Å². The van der Waals surface area contributed by atoms with Crippen molar-refractivity contribution in [2.45, 2.75) is 31.7 Å². The average Bonchev–Trinajstić information content (AvgIpc) is 2.96. The van der Waals surface area contributed by atoms with Crippen molar-refractivity contribution in [3.8, 4) is 0 Å². The Morgan fingerprint density at radius 2 is 2.21 bits per heavy atom. The highest BCUT2D eigenvalue weighted by Crippen LogP contribution is 2.18. The molecule has 1 amide bonds. The van der Waals surface area contributed by atoms with Crippen molar-refractivity contribution in [3.63, 3.8) is 0 Å². The predicted molar refractivity (Wildman–Crippen MR) is 61.7 cm³/mol. The van der Waals surface area contributed by atoms with Crippen LogP contribution < -0.4 is 10.6 Å². The van der Waals surface area contributed by atoms with Crippen molar-refractivity contribution < 1.29 is 4.79 Å². The molecule has 0 heterocycles. The molecule has 0 aromatic carbocycles. The lowest BCUT2D eigenvalue weighted by Gasteiger charge is -2.04. The Hall–Kier alpha value is -0.220. The molecule has 4 heteroatoms. The van der Waals surface area contributed by atoms with Gasteiger partial charge in [-0.1, -0.05) is 0 Å². The largest absolute Gasteiger partial charge is 0.356 e. The second-order valence-electron chi connectivity index (χ2n) is 3.67. The smallest absolute Gasteiger partial charge is 0.221 e. The summed E-state index contributed by atoms with van der Waals surface area (Å²) in [7, 11) is 0. The monoisotopic (exact) mass is 216 g/mol. The van der Waals surface area contributed by atoms with E-state index in [1.54, 1.807) is 0 Å². The maximum atomic E-state index is 11.3. The molecule has 1 fully saturated rings. The molecule has 2 N–H and O–H groups in total. The number of carbonyl (C=O) groups excluding carboxylic acids is 1. The molecular formula is C10H20N2OS. The Balaban J connectivity index is 1.82. The van der Waals surface area contributed by atoms with E-state index in [0.29, 0.717) is 12.5 Å². The quantitative estimate of drug-likeness (QED) is 0.595. The SMILES string of the molecule is CSCCCNC(=O)CCNC1CC1. The van der Waals surface area contributed by atoms with Gasteiger partial charge < -0.3 is 10.6 Å². The summed E-state index contributed by atoms with van der Waals surface area (Å²) in [6.45, 7) is 1.65. The lowest BCUT2D eigenvalue weighted by Crippen LogP contribution is -2.29. The molecule has 0 unspecified atom stereocenters. The first-order valence-corrected chi connectivity index (χ1v) is 6.71. The van der Waals surface area contributed by atoms with E-state index in [4.69, 9.17) is 0 Å². The number of hydrogen-bond acceptors (Lipinski definition) is 3. The van der Waals surface area contributed by atoms with Crippen LogP contribution in [0.1, 0.15) is 25.7 Å². The molecule has 0 bridgehead atoms. The second kappa shape index (κ2) is 7.12. The molecule has 0 radical (unpaired) electrons. The first-order valence-electron chi connectivity index (χ1n) is 5.32. The maximum absolute atomic E-state index is 11.3. The van der Waals surface area contributed by atoms with Gasteiger partial charge in [-0.2, -0.15) is 11.8 Å². The van der Waals surface area contributed by atoms with Crippen LogP contribution in [0.15, 0.2) is 0 Å². The van der Waals surface area contributed by atoms with Gasteiger partial charge in [0, 0.05) is 25.6 Å². The van der Waals surface area contributed by atoms with Crippen LogP contribution in [-0.2, 0) is 4.79 Å². The minimum Gasteiger partial charge on any atom is -0.356 e. The van der Waals surface area contributed by atoms with Crippen molar-refractivity contribution >= 4 is 17.7 Å². The number of carbonyl (C=O) groups is 1. The van der Waals surface area contributed by atoms with Crippen molar-refractivity contribution in [3.05, 3.63) is 0 Å². The molecule has 3 nitrogen and oxygen atoms in total. The van der Waals surface area contributed by atoms with Crippen LogP contribution in [0, 0.1) is 0 Å². The summed E-state index contributed by atoms with van der Waals surface area (Å²) in [5.74, 6) is 1.31. The van der Waals surface area contributed by atoms with Crippen LogP contribution in [0.4, 0.5) is 0 Å². The van der Waals surface area contributed by atoms with E-state index in [0.717, 1.165) is 25.3 Å². The van der Waals surface area contributed by atoms with E-state index >= 15 is 0 Å². The topological polar surface area (TPSA) is 41.1 Å². The molecule has 0 atom stereocenters. The second-order valence-corrected chi connectivity index (χ2v) is 4.66. The zero-order valence-corrected chi connectivity index (χ0v) is 9.66. The molecular weight excluding hydrogens is 196 g/mol. The van der Waals surface area contributed by atoms with E-state index in [9.17, 15) is 4.79 Å². The highest BCUT2D eigenvalue weighted by atomic mass is 32.2. The number of rotatable bonds is 8. The fourth-order valence-electron chi connectivity index (χ4n) is 1.21. The van der Waals surface area contributed by atoms with Gasteiger partial charge in [-0.3, -0.25) is 4.79 Å². The number of thioether (sulfide) groups is 1. The minimum atomic E-state index is 0.180. The summed E-state index contributed by atoms with van der Waals surface area (Å²) < 4.78 is 0. The van der Waals surface area contributed by atoms with E-state index in [2.05, 4.69) is 16.9 Å². The zero-order chi connectivity index (χ0) is 10.2. The van der Waals surface area contributed by atoms with Crippen molar-refractivity contribution in [1.29, 1.82) is 0 Å². The summed E-state index contributed by atoms with van der Waals surface area (Å²) in [6, 6.07) is 0.708. The van der Waals surface area contributed by atoms with Crippen molar-refractivity contribution in [2.24, 2.45) is 0 Å².